The predicted octanol–water partition coefficient (Wildman–Crippen LogP) is 1.15. The Labute approximate surface area is 82.2 Å². The first-order valence-corrected chi connectivity index (χ1v) is 5.18. The summed E-state index contributed by atoms with van der Waals surface area (Å²) in [5.74, 6) is 0. The number of aliphatic hydroxyl groups is 2. The third-order valence-corrected chi connectivity index (χ3v) is 1.40. The fourth-order valence-electron chi connectivity index (χ4n) is 0.665. The van der Waals surface area contributed by atoms with Crippen LogP contribution in [0.15, 0.2) is 0 Å². The van der Waals surface area contributed by atoms with Crippen LogP contribution >= 0.6 is 0 Å². The van der Waals surface area contributed by atoms with E-state index in [1.54, 1.807) is 6.92 Å². The second-order valence-electron chi connectivity index (χ2n) is 3.11. The first kappa shape index (κ1) is 15.4. The monoisotopic (exact) mass is 191 g/mol. The van der Waals surface area contributed by atoms with Crippen LogP contribution < -0.4 is 5.32 Å². The lowest BCUT2D eigenvalue weighted by molar-refractivity contribution is 0.148. The van der Waals surface area contributed by atoms with Gasteiger partial charge in [-0.25, -0.2) is 0 Å². The summed E-state index contributed by atoms with van der Waals surface area (Å²) in [6.07, 6.45) is 2.63. The molecule has 0 aliphatic heterocycles. The number of hydrogen-bond donors (Lipinski definition) is 3. The highest BCUT2D eigenvalue weighted by molar-refractivity contribution is 4.40. The molecule has 0 aliphatic carbocycles. The van der Waals surface area contributed by atoms with E-state index in [0.29, 0.717) is 6.42 Å². The fourth-order valence-corrected chi connectivity index (χ4v) is 0.665. The van der Waals surface area contributed by atoms with Gasteiger partial charge in [0.15, 0.2) is 0 Å². The third-order valence-electron chi connectivity index (χ3n) is 1.40. The van der Waals surface area contributed by atoms with Gasteiger partial charge in [0.25, 0.3) is 0 Å². The smallest absolute Gasteiger partial charge is 0.0533 e. The van der Waals surface area contributed by atoms with Crippen LogP contribution in [-0.4, -0.2) is 36.0 Å². The molecule has 0 amide bonds. The third kappa shape index (κ3) is 24.5. The Morgan fingerprint density at radius 1 is 1.15 bits per heavy atom. The minimum Gasteiger partial charge on any atom is -0.396 e. The summed E-state index contributed by atoms with van der Waals surface area (Å²) in [7, 11) is 0. The van der Waals surface area contributed by atoms with Crippen molar-refractivity contribution in [1.29, 1.82) is 0 Å². The van der Waals surface area contributed by atoms with E-state index in [2.05, 4.69) is 19.2 Å². The molecule has 0 fully saturated rings. The zero-order valence-corrected chi connectivity index (χ0v) is 9.21. The molecule has 1 unspecified atom stereocenters. The Kier molecular flexibility index (Phi) is 17.0. The van der Waals surface area contributed by atoms with Gasteiger partial charge in [0.1, 0.15) is 0 Å². The fraction of sp³-hybridized carbons (Fsp3) is 1.00. The first-order chi connectivity index (χ1) is 6.18. The van der Waals surface area contributed by atoms with Crippen molar-refractivity contribution < 1.29 is 10.2 Å². The average Bonchev–Trinajstić information content (AvgIpc) is 2.06. The lowest BCUT2D eigenvalue weighted by atomic mass is 10.3. The highest BCUT2D eigenvalue weighted by atomic mass is 16.3. The number of rotatable bonds is 6. The van der Waals surface area contributed by atoms with E-state index in [0.717, 1.165) is 0 Å². The molecule has 0 saturated carbocycles. The Hall–Kier alpha value is -0.120. The molecule has 0 saturated heterocycles. The second kappa shape index (κ2) is 14.4. The Morgan fingerprint density at radius 2 is 1.62 bits per heavy atom. The van der Waals surface area contributed by atoms with Gasteiger partial charge in [-0.15, -0.1) is 0 Å². The van der Waals surface area contributed by atoms with Crippen LogP contribution in [0.3, 0.4) is 0 Å². The van der Waals surface area contributed by atoms with Gasteiger partial charge in [0.05, 0.1) is 6.10 Å². The molecule has 0 aromatic rings. The molecule has 3 heteroatoms. The maximum absolute atomic E-state index is 8.39. The molecule has 0 heterocycles. The van der Waals surface area contributed by atoms with E-state index in [1.807, 2.05) is 0 Å². The zero-order chi connectivity index (χ0) is 10.5. The van der Waals surface area contributed by atoms with Gasteiger partial charge in [-0.2, -0.15) is 0 Å². The van der Waals surface area contributed by atoms with Crippen LogP contribution in [0.1, 0.15) is 40.0 Å². The van der Waals surface area contributed by atoms with Crippen molar-refractivity contribution in [3.05, 3.63) is 0 Å². The zero-order valence-electron chi connectivity index (χ0n) is 9.21. The van der Waals surface area contributed by atoms with Gasteiger partial charge in [-0.05, 0) is 39.3 Å². The van der Waals surface area contributed by atoms with Crippen molar-refractivity contribution in [2.75, 3.05) is 19.7 Å². The van der Waals surface area contributed by atoms with E-state index in [4.69, 9.17) is 10.2 Å². The summed E-state index contributed by atoms with van der Waals surface area (Å²) < 4.78 is 0. The molecule has 0 aromatic heterocycles. The normalized spacial score (nSPS) is 11.8. The summed E-state index contributed by atoms with van der Waals surface area (Å²) in [6, 6.07) is 0. The molecule has 0 radical (unpaired) electrons. The summed E-state index contributed by atoms with van der Waals surface area (Å²) in [4.78, 5) is 0. The van der Waals surface area contributed by atoms with Crippen molar-refractivity contribution in [3.8, 4) is 0 Å². The second-order valence-corrected chi connectivity index (χ2v) is 3.11. The van der Waals surface area contributed by atoms with Crippen LogP contribution in [-0.2, 0) is 0 Å². The van der Waals surface area contributed by atoms with Crippen molar-refractivity contribution >= 4 is 0 Å². The minimum atomic E-state index is -0.352. The van der Waals surface area contributed by atoms with Gasteiger partial charge in [-0.3, -0.25) is 0 Å². The number of nitrogens with one attached hydrogen (secondary N) is 1. The topological polar surface area (TPSA) is 52.5 Å². The van der Waals surface area contributed by atoms with Crippen LogP contribution in [0.5, 0.6) is 0 Å². The Bertz CT molecular complexity index is 73.3. The van der Waals surface area contributed by atoms with E-state index < -0.39 is 0 Å². The summed E-state index contributed by atoms with van der Waals surface area (Å²) >= 11 is 0. The van der Waals surface area contributed by atoms with Crippen LogP contribution in [0.4, 0.5) is 0 Å². The number of aliphatic hydroxyl groups excluding tert-OH is 2. The van der Waals surface area contributed by atoms with Gasteiger partial charge in [-0.1, -0.05) is 13.8 Å². The molecule has 0 aliphatic rings. The largest absolute Gasteiger partial charge is 0.396 e. The van der Waals surface area contributed by atoms with E-state index in [1.165, 1.54) is 25.9 Å². The number of hydrogen-bond acceptors (Lipinski definition) is 3. The van der Waals surface area contributed by atoms with Crippen molar-refractivity contribution in [3.63, 3.8) is 0 Å². The Balaban J connectivity index is 0. The molecule has 0 spiro atoms. The molecule has 82 valence electrons. The van der Waals surface area contributed by atoms with Crippen molar-refractivity contribution in [1.82, 2.24) is 5.32 Å². The summed E-state index contributed by atoms with van der Waals surface area (Å²) in [5.41, 5.74) is 0. The lowest BCUT2D eigenvalue weighted by Gasteiger charge is -1.95. The summed E-state index contributed by atoms with van der Waals surface area (Å²) in [6.45, 7) is 8.45. The highest BCUT2D eigenvalue weighted by Gasteiger charge is 1.88. The van der Waals surface area contributed by atoms with Crippen LogP contribution in [0, 0.1) is 0 Å². The van der Waals surface area contributed by atoms with Crippen LogP contribution in [0.2, 0.25) is 0 Å². The van der Waals surface area contributed by atoms with Gasteiger partial charge < -0.3 is 15.5 Å². The van der Waals surface area contributed by atoms with E-state index >= 15 is 0 Å². The van der Waals surface area contributed by atoms with Crippen LogP contribution in [0.25, 0.3) is 0 Å². The van der Waals surface area contributed by atoms with E-state index in [-0.39, 0.29) is 12.7 Å². The van der Waals surface area contributed by atoms with E-state index in [9.17, 15) is 0 Å². The molecule has 3 N–H and O–H groups in total. The Morgan fingerprint density at radius 3 is 1.77 bits per heavy atom. The van der Waals surface area contributed by atoms with Gasteiger partial charge in [0, 0.05) is 6.61 Å². The average molecular weight is 191 g/mol. The quantitative estimate of drug-likeness (QED) is 0.552. The molecular weight excluding hydrogens is 166 g/mol. The van der Waals surface area contributed by atoms with Gasteiger partial charge in [0.2, 0.25) is 0 Å². The maximum atomic E-state index is 8.39. The molecule has 13 heavy (non-hydrogen) atoms. The standard InChI is InChI=1S/C6H15N.C4H10O2/c1-3-5-7-6-4-2;1-4(6)2-3-5/h7H,3-6H2,1-2H3;4-6H,2-3H2,1H3. The maximum Gasteiger partial charge on any atom is 0.0533 e. The lowest BCUT2D eigenvalue weighted by Crippen LogP contribution is -2.14. The highest BCUT2D eigenvalue weighted by Crippen LogP contribution is 1.83. The molecule has 1 atom stereocenters. The molecular formula is C10H25NO2. The predicted molar refractivity (Wildman–Crippen MR) is 56.8 cm³/mol. The van der Waals surface area contributed by atoms with Gasteiger partial charge >= 0.3 is 0 Å². The SMILES string of the molecule is CC(O)CCO.CCCNCCC. The summed E-state index contributed by atoms with van der Waals surface area (Å²) in [5, 5.41) is 19.8. The first-order valence-electron chi connectivity index (χ1n) is 5.18. The molecule has 0 aromatic carbocycles. The van der Waals surface area contributed by atoms with Crippen molar-refractivity contribution in [2.24, 2.45) is 0 Å². The minimum absolute atomic E-state index is 0.0810. The molecule has 0 rings (SSSR count). The molecule has 0 bridgehead atoms. The molecule has 3 nitrogen and oxygen atoms in total. The van der Waals surface area contributed by atoms with Crippen molar-refractivity contribution in [2.45, 2.75) is 46.1 Å².